The van der Waals surface area contributed by atoms with Crippen LogP contribution in [-0.4, -0.2) is 53.6 Å². The van der Waals surface area contributed by atoms with E-state index in [0.717, 1.165) is 44.5 Å². The van der Waals surface area contributed by atoms with E-state index in [4.69, 9.17) is 4.84 Å². The summed E-state index contributed by atoms with van der Waals surface area (Å²) in [7, 11) is 0. The maximum atomic E-state index is 13.2. The molecule has 2 atom stereocenters. The summed E-state index contributed by atoms with van der Waals surface area (Å²) in [6.45, 7) is 6.86. The van der Waals surface area contributed by atoms with Crippen LogP contribution < -0.4 is 10.2 Å². The van der Waals surface area contributed by atoms with Gasteiger partial charge in [-0.05, 0) is 37.3 Å². The number of nitrogens with zero attached hydrogens (tertiary/aromatic N) is 3. The van der Waals surface area contributed by atoms with E-state index in [1.807, 2.05) is 26.0 Å². The van der Waals surface area contributed by atoms with Crippen molar-refractivity contribution in [3.8, 4) is 0 Å². The molecule has 9 heteroatoms. The topological polar surface area (TPSA) is 74.8 Å². The summed E-state index contributed by atoms with van der Waals surface area (Å²) in [5.74, 6) is -0.287. The van der Waals surface area contributed by atoms with Gasteiger partial charge in [-0.1, -0.05) is 26.7 Å². The molecule has 2 unspecified atom stereocenters. The molecule has 0 bridgehead atoms. The highest BCUT2D eigenvalue weighted by atomic mass is 35.5. The van der Waals surface area contributed by atoms with E-state index >= 15 is 0 Å². The molecule has 2 heterocycles. The first-order valence-corrected chi connectivity index (χ1v) is 10.5. The number of amides is 1. The number of piperazine rings is 1. The average molecular weight is 461 g/mol. The Morgan fingerprint density at radius 1 is 1.17 bits per heavy atom. The third-order valence-electron chi connectivity index (χ3n) is 5.98. The van der Waals surface area contributed by atoms with Crippen LogP contribution in [-0.2, 0) is 14.4 Å². The van der Waals surface area contributed by atoms with Crippen LogP contribution >= 0.6 is 24.8 Å². The molecule has 1 N–H and O–H groups in total. The van der Waals surface area contributed by atoms with Gasteiger partial charge in [-0.15, -0.1) is 29.9 Å². The van der Waals surface area contributed by atoms with Crippen molar-refractivity contribution in [3.05, 3.63) is 24.5 Å². The Balaban J connectivity index is 0.00000225. The van der Waals surface area contributed by atoms with Crippen LogP contribution in [0.5, 0.6) is 0 Å². The Bertz CT molecular complexity index is 671. The first kappa shape index (κ1) is 26.5. The molecule has 1 aliphatic carbocycles. The van der Waals surface area contributed by atoms with Crippen molar-refractivity contribution >= 4 is 42.4 Å². The summed E-state index contributed by atoms with van der Waals surface area (Å²) < 4.78 is 0. The van der Waals surface area contributed by atoms with Gasteiger partial charge >= 0.3 is 5.97 Å². The van der Waals surface area contributed by atoms with E-state index in [9.17, 15) is 9.59 Å². The van der Waals surface area contributed by atoms with Gasteiger partial charge in [-0.2, -0.15) is 0 Å². The first-order valence-electron chi connectivity index (χ1n) is 10.5. The molecule has 3 rings (SSSR count). The number of aromatic nitrogens is 1. The highest BCUT2D eigenvalue weighted by molar-refractivity contribution is 5.88. The van der Waals surface area contributed by atoms with E-state index < -0.39 is 5.54 Å². The normalized spacial score (nSPS) is 24.2. The molecule has 2 aliphatic rings. The zero-order valence-electron chi connectivity index (χ0n) is 17.8. The average Bonchev–Trinajstić information content (AvgIpc) is 2.71. The number of nitrogens with one attached hydrogen (secondary N) is 1. The van der Waals surface area contributed by atoms with E-state index in [2.05, 4.69) is 15.2 Å². The van der Waals surface area contributed by atoms with Crippen molar-refractivity contribution in [2.75, 3.05) is 31.1 Å². The van der Waals surface area contributed by atoms with Gasteiger partial charge in [0.1, 0.15) is 5.54 Å². The molecule has 1 aromatic rings. The lowest BCUT2D eigenvalue weighted by atomic mass is 9.73. The molecule has 170 valence electrons. The van der Waals surface area contributed by atoms with Crippen LogP contribution in [0, 0.1) is 5.92 Å². The lowest BCUT2D eigenvalue weighted by Gasteiger charge is -2.42. The maximum Gasteiger partial charge on any atom is 0.350 e. The molecule has 1 amide bonds. The maximum absolute atomic E-state index is 13.2. The Morgan fingerprint density at radius 3 is 2.43 bits per heavy atom. The third-order valence-corrected chi connectivity index (χ3v) is 5.98. The summed E-state index contributed by atoms with van der Waals surface area (Å²) >= 11 is 0. The molecule has 0 spiro atoms. The molecule has 2 fully saturated rings. The minimum atomic E-state index is -0.896. The van der Waals surface area contributed by atoms with E-state index in [-0.39, 0.29) is 42.6 Å². The van der Waals surface area contributed by atoms with Crippen molar-refractivity contribution in [1.82, 2.24) is 15.4 Å². The summed E-state index contributed by atoms with van der Waals surface area (Å²) in [6, 6.07) is 3.98. The van der Waals surface area contributed by atoms with Gasteiger partial charge in [0.2, 0.25) is 5.91 Å². The monoisotopic (exact) mass is 460 g/mol. The van der Waals surface area contributed by atoms with Crippen LogP contribution in [0.4, 0.5) is 5.69 Å². The largest absolute Gasteiger partial charge is 0.369 e. The SMILES string of the molecule is CCCC(=O)NC1(C(=O)ON2CCN(c3ccncc3)CC2)CCCCC1C.Cl.Cl. The fourth-order valence-corrected chi connectivity index (χ4v) is 4.22. The number of pyridine rings is 1. The van der Waals surface area contributed by atoms with E-state index in [1.165, 1.54) is 0 Å². The number of hydrogen-bond acceptors (Lipinski definition) is 6. The van der Waals surface area contributed by atoms with Gasteiger partial charge in [0, 0.05) is 37.6 Å². The smallest absolute Gasteiger partial charge is 0.350 e. The van der Waals surface area contributed by atoms with Crippen LogP contribution in [0.3, 0.4) is 0 Å². The lowest BCUT2D eigenvalue weighted by Crippen LogP contribution is -2.62. The molecule has 0 aromatic carbocycles. The van der Waals surface area contributed by atoms with Crippen molar-refractivity contribution < 1.29 is 14.4 Å². The van der Waals surface area contributed by atoms with Crippen LogP contribution in [0.2, 0.25) is 0 Å². The summed E-state index contributed by atoms with van der Waals surface area (Å²) in [5.41, 5.74) is 0.234. The quantitative estimate of drug-likeness (QED) is 0.700. The number of halogens is 2. The molecule has 1 saturated carbocycles. The van der Waals surface area contributed by atoms with E-state index in [0.29, 0.717) is 25.9 Å². The van der Waals surface area contributed by atoms with Gasteiger partial charge in [-0.25, -0.2) is 4.79 Å². The second kappa shape index (κ2) is 12.3. The van der Waals surface area contributed by atoms with Gasteiger partial charge in [-0.3, -0.25) is 9.78 Å². The molecule has 1 saturated heterocycles. The minimum absolute atomic E-state index is 0. The molecular formula is C21H34Cl2N4O3. The Labute approximate surface area is 191 Å². The van der Waals surface area contributed by atoms with Gasteiger partial charge in [0.15, 0.2) is 0 Å². The van der Waals surface area contributed by atoms with Crippen molar-refractivity contribution in [3.63, 3.8) is 0 Å². The highest BCUT2D eigenvalue weighted by Crippen LogP contribution is 2.35. The number of carbonyl (C=O) groups excluding carboxylic acids is 2. The fourth-order valence-electron chi connectivity index (χ4n) is 4.22. The summed E-state index contributed by atoms with van der Waals surface area (Å²) in [6.07, 6.45) is 8.38. The highest BCUT2D eigenvalue weighted by Gasteiger charge is 2.48. The molecule has 1 aliphatic heterocycles. The molecule has 0 radical (unpaired) electrons. The molecular weight excluding hydrogens is 427 g/mol. The number of hydrogen-bond donors (Lipinski definition) is 1. The second-order valence-corrected chi connectivity index (χ2v) is 7.92. The Hall–Kier alpha value is -1.57. The number of anilines is 1. The van der Waals surface area contributed by atoms with Crippen molar-refractivity contribution in [1.29, 1.82) is 0 Å². The predicted octanol–water partition coefficient (Wildman–Crippen LogP) is 3.37. The second-order valence-electron chi connectivity index (χ2n) is 7.92. The number of carbonyl (C=O) groups is 2. The van der Waals surface area contributed by atoms with Crippen LogP contribution in [0.25, 0.3) is 0 Å². The molecule has 30 heavy (non-hydrogen) atoms. The summed E-state index contributed by atoms with van der Waals surface area (Å²) in [4.78, 5) is 37.6. The fraction of sp³-hybridized carbons (Fsp3) is 0.667. The minimum Gasteiger partial charge on any atom is -0.369 e. The van der Waals surface area contributed by atoms with Gasteiger partial charge in [0.25, 0.3) is 0 Å². The standard InChI is InChI=1S/C21H32N4O3.2ClH/c1-3-6-19(26)23-21(10-5-4-7-17(21)2)20(27)28-25-15-13-24(14-16-25)18-8-11-22-12-9-18;;/h8-9,11-12,17H,3-7,10,13-16H2,1-2H3,(H,23,26);2*1H. The van der Waals surface area contributed by atoms with Gasteiger partial charge in [0.05, 0.1) is 13.1 Å². The van der Waals surface area contributed by atoms with E-state index in [1.54, 1.807) is 17.5 Å². The van der Waals surface area contributed by atoms with Crippen molar-refractivity contribution in [2.24, 2.45) is 5.92 Å². The van der Waals surface area contributed by atoms with Gasteiger partial charge < -0.3 is 15.1 Å². The zero-order chi connectivity index (χ0) is 20.0. The zero-order valence-corrected chi connectivity index (χ0v) is 19.5. The number of hydroxylamine groups is 2. The van der Waals surface area contributed by atoms with Crippen LogP contribution in [0.15, 0.2) is 24.5 Å². The van der Waals surface area contributed by atoms with Crippen LogP contribution in [0.1, 0.15) is 52.4 Å². The Kier molecular flexibility index (Phi) is 10.9. The summed E-state index contributed by atoms with van der Waals surface area (Å²) in [5, 5.41) is 4.79. The molecule has 7 nitrogen and oxygen atoms in total. The predicted molar refractivity (Wildman–Crippen MR) is 122 cm³/mol. The number of rotatable bonds is 6. The van der Waals surface area contributed by atoms with Crippen molar-refractivity contribution in [2.45, 2.75) is 57.9 Å². The Morgan fingerprint density at radius 2 is 1.83 bits per heavy atom. The first-order chi connectivity index (χ1) is 13.5. The molecule has 1 aromatic heterocycles. The third kappa shape index (κ3) is 6.22. The lowest BCUT2D eigenvalue weighted by molar-refractivity contribution is -0.204.